The zero-order chi connectivity index (χ0) is 12.4. The Morgan fingerprint density at radius 3 is 2.72 bits per heavy atom. The van der Waals surface area contributed by atoms with Crippen molar-refractivity contribution in [1.82, 2.24) is 19.9 Å². The van der Waals surface area contributed by atoms with Crippen molar-refractivity contribution in [2.75, 3.05) is 5.32 Å². The highest BCUT2D eigenvalue weighted by Crippen LogP contribution is 2.23. The number of rotatable bonds is 2. The molecule has 0 radical (unpaired) electrons. The third-order valence-corrected chi connectivity index (χ3v) is 2.71. The van der Waals surface area contributed by atoms with Gasteiger partial charge < -0.3 is 5.32 Å². The van der Waals surface area contributed by atoms with Crippen molar-refractivity contribution in [2.45, 2.75) is 6.92 Å². The molecule has 0 aromatic carbocycles. The largest absolute Gasteiger partial charge is 0.339 e. The number of anilines is 2. The highest BCUT2D eigenvalue weighted by Gasteiger charge is 2.04. The van der Waals surface area contributed by atoms with Crippen molar-refractivity contribution in [3.8, 4) is 0 Å². The molecule has 88 valence electrons. The fourth-order valence-electron chi connectivity index (χ4n) is 1.75. The lowest BCUT2D eigenvalue weighted by Gasteiger charge is -2.09. The van der Waals surface area contributed by atoms with Gasteiger partial charge in [-0.2, -0.15) is 0 Å². The maximum atomic E-state index is 4.27. The summed E-state index contributed by atoms with van der Waals surface area (Å²) in [7, 11) is 0. The van der Waals surface area contributed by atoms with Crippen LogP contribution in [-0.4, -0.2) is 19.9 Å². The summed E-state index contributed by atoms with van der Waals surface area (Å²) in [4.78, 5) is 16.6. The summed E-state index contributed by atoms with van der Waals surface area (Å²) >= 11 is 0. The van der Waals surface area contributed by atoms with Crippen molar-refractivity contribution in [3.05, 3.63) is 48.8 Å². The first-order valence-corrected chi connectivity index (χ1v) is 5.57. The quantitative estimate of drug-likeness (QED) is 0.741. The van der Waals surface area contributed by atoms with Gasteiger partial charge in [-0.1, -0.05) is 0 Å². The lowest BCUT2D eigenvalue weighted by molar-refractivity contribution is 1.19. The van der Waals surface area contributed by atoms with Gasteiger partial charge in [-0.15, -0.1) is 0 Å². The Morgan fingerprint density at radius 1 is 1.00 bits per heavy atom. The van der Waals surface area contributed by atoms with Crippen LogP contribution >= 0.6 is 0 Å². The van der Waals surface area contributed by atoms with Gasteiger partial charge in [-0.3, -0.25) is 9.97 Å². The van der Waals surface area contributed by atoms with Crippen LogP contribution in [0.5, 0.6) is 0 Å². The number of aryl methyl sites for hydroxylation is 1. The minimum Gasteiger partial charge on any atom is -0.339 e. The molecule has 3 aromatic heterocycles. The van der Waals surface area contributed by atoms with Crippen LogP contribution in [0.3, 0.4) is 0 Å². The van der Waals surface area contributed by atoms with Gasteiger partial charge in [0, 0.05) is 29.7 Å². The average molecular weight is 237 g/mol. The third kappa shape index (κ3) is 1.86. The Balaban J connectivity index is 2.08. The normalized spacial score (nSPS) is 10.5. The van der Waals surface area contributed by atoms with Crippen LogP contribution in [-0.2, 0) is 0 Å². The van der Waals surface area contributed by atoms with Crippen LogP contribution in [0.2, 0.25) is 0 Å². The minimum atomic E-state index is 0.775. The monoisotopic (exact) mass is 237 g/mol. The number of nitrogens with one attached hydrogen (secondary N) is 1. The molecule has 3 aromatic rings. The summed E-state index contributed by atoms with van der Waals surface area (Å²) in [5.74, 6) is 0.775. The van der Waals surface area contributed by atoms with E-state index in [1.54, 1.807) is 18.6 Å². The van der Waals surface area contributed by atoms with E-state index in [1.807, 2.05) is 25.3 Å². The second-order valence-corrected chi connectivity index (χ2v) is 3.93. The molecule has 0 bridgehead atoms. The molecule has 0 saturated carbocycles. The highest BCUT2D eigenvalue weighted by atomic mass is 15.0. The molecule has 0 aliphatic rings. The summed E-state index contributed by atoms with van der Waals surface area (Å²) in [6.45, 7) is 2.00. The molecule has 1 N–H and O–H groups in total. The van der Waals surface area contributed by atoms with Crippen molar-refractivity contribution in [1.29, 1.82) is 0 Å². The molecule has 18 heavy (non-hydrogen) atoms. The molecule has 3 heterocycles. The maximum Gasteiger partial charge on any atom is 0.141 e. The molecule has 5 nitrogen and oxygen atoms in total. The van der Waals surface area contributed by atoms with Crippen LogP contribution in [0, 0.1) is 6.92 Å². The van der Waals surface area contributed by atoms with Gasteiger partial charge in [0.1, 0.15) is 12.1 Å². The standard InChI is InChI=1S/C13H11N5/c1-9-6-14-5-3-11(9)18-13-10-2-4-15-7-12(10)16-8-17-13/h2-8H,1H3,(H,14,16,17,18). The summed E-state index contributed by atoms with van der Waals surface area (Å²) in [5, 5.41) is 4.24. The molecule has 0 spiro atoms. The Labute approximate surface area is 104 Å². The zero-order valence-corrected chi connectivity index (χ0v) is 9.83. The molecular weight excluding hydrogens is 226 g/mol. The Bertz CT molecular complexity index is 690. The summed E-state index contributed by atoms with van der Waals surface area (Å²) in [6, 6.07) is 3.82. The fourth-order valence-corrected chi connectivity index (χ4v) is 1.75. The van der Waals surface area contributed by atoms with E-state index in [4.69, 9.17) is 0 Å². The highest BCUT2D eigenvalue weighted by molar-refractivity contribution is 5.89. The van der Waals surface area contributed by atoms with Crippen LogP contribution in [0.1, 0.15) is 5.56 Å². The Hall–Kier alpha value is -2.56. The van der Waals surface area contributed by atoms with Crippen molar-refractivity contribution in [2.24, 2.45) is 0 Å². The first-order chi connectivity index (χ1) is 8.84. The van der Waals surface area contributed by atoms with Crippen molar-refractivity contribution >= 4 is 22.4 Å². The summed E-state index contributed by atoms with van der Waals surface area (Å²) < 4.78 is 0. The van der Waals surface area contributed by atoms with Crippen molar-refractivity contribution < 1.29 is 0 Å². The Kier molecular flexibility index (Phi) is 2.57. The van der Waals surface area contributed by atoms with E-state index >= 15 is 0 Å². The number of hydrogen-bond acceptors (Lipinski definition) is 5. The van der Waals surface area contributed by atoms with Gasteiger partial charge in [-0.25, -0.2) is 9.97 Å². The average Bonchev–Trinajstić information content (AvgIpc) is 2.42. The molecule has 0 aliphatic carbocycles. The molecule has 0 amide bonds. The second kappa shape index (κ2) is 4.37. The smallest absolute Gasteiger partial charge is 0.141 e. The van der Waals surface area contributed by atoms with Gasteiger partial charge in [-0.05, 0) is 24.6 Å². The fraction of sp³-hybridized carbons (Fsp3) is 0.0769. The molecule has 5 heteroatoms. The first kappa shape index (κ1) is 10.6. The lowest BCUT2D eigenvalue weighted by atomic mass is 10.2. The SMILES string of the molecule is Cc1cnccc1Nc1ncnc2cnccc12. The molecule has 0 atom stereocenters. The number of aromatic nitrogens is 4. The second-order valence-electron chi connectivity index (χ2n) is 3.93. The van der Waals surface area contributed by atoms with Crippen molar-refractivity contribution in [3.63, 3.8) is 0 Å². The summed E-state index contributed by atoms with van der Waals surface area (Å²) in [5.41, 5.74) is 2.88. The molecule has 0 saturated heterocycles. The van der Waals surface area contributed by atoms with Gasteiger partial charge in [0.15, 0.2) is 0 Å². The van der Waals surface area contributed by atoms with E-state index in [2.05, 4.69) is 25.3 Å². The number of hydrogen-bond donors (Lipinski definition) is 1. The van der Waals surface area contributed by atoms with Gasteiger partial charge in [0.25, 0.3) is 0 Å². The summed E-state index contributed by atoms with van der Waals surface area (Å²) in [6.07, 6.45) is 8.55. The predicted octanol–water partition coefficient (Wildman–Crippen LogP) is 2.47. The van der Waals surface area contributed by atoms with E-state index < -0.39 is 0 Å². The van der Waals surface area contributed by atoms with Gasteiger partial charge in [0.2, 0.25) is 0 Å². The molecule has 0 unspecified atom stereocenters. The van der Waals surface area contributed by atoms with Crippen LogP contribution < -0.4 is 5.32 Å². The molecular formula is C13H11N5. The zero-order valence-electron chi connectivity index (χ0n) is 9.83. The molecule has 0 fully saturated rings. The molecule has 0 aliphatic heterocycles. The van der Waals surface area contributed by atoms with E-state index in [9.17, 15) is 0 Å². The van der Waals surface area contributed by atoms with E-state index in [1.165, 1.54) is 6.33 Å². The topological polar surface area (TPSA) is 63.6 Å². The van der Waals surface area contributed by atoms with E-state index in [-0.39, 0.29) is 0 Å². The third-order valence-electron chi connectivity index (χ3n) is 2.71. The van der Waals surface area contributed by atoms with E-state index in [0.717, 1.165) is 28.0 Å². The van der Waals surface area contributed by atoms with Crippen LogP contribution in [0.15, 0.2) is 43.2 Å². The van der Waals surface area contributed by atoms with Gasteiger partial charge in [0.05, 0.1) is 11.7 Å². The van der Waals surface area contributed by atoms with Crippen LogP contribution in [0.4, 0.5) is 11.5 Å². The predicted molar refractivity (Wildman–Crippen MR) is 69.6 cm³/mol. The van der Waals surface area contributed by atoms with Crippen LogP contribution in [0.25, 0.3) is 10.9 Å². The lowest BCUT2D eigenvalue weighted by Crippen LogP contribution is -1.98. The minimum absolute atomic E-state index is 0.775. The molecule has 3 rings (SSSR count). The van der Waals surface area contributed by atoms with E-state index in [0.29, 0.717) is 0 Å². The van der Waals surface area contributed by atoms with Gasteiger partial charge >= 0.3 is 0 Å². The Morgan fingerprint density at radius 2 is 1.83 bits per heavy atom. The first-order valence-electron chi connectivity index (χ1n) is 5.57. The number of pyridine rings is 2. The number of fused-ring (bicyclic) bond motifs is 1. The maximum absolute atomic E-state index is 4.27. The number of nitrogens with zero attached hydrogens (tertiary/aromatic N) is 4.